The van der Waals surface area contributed by atoms with Crippen LogP contribution in [0.25, 0.3) is 0 Å². The Morgan fingerprint density at radius 3 is 2.11 bits per heavy atom. The van der Waals surface area contributed by atoms with Crippen molar-refractivity contribution in [3.05, 3.63) is 113 Å². The Bertz CT molecular complexity index is 1600. The molecule has 0 saturated heterocycles. The Morgan fingerprint density at radius 1 is 0.773 bits per heavy atom. The summed E-state index contributed by atoms with van der Waals surface area (Å²) in [5.74, 6) is 0.595. The number of carbonyl (C=O) groups excluding carboxylic acids is 2. The van der Waals surface area contributed by atoms with Crippen LogP contribution in [0.2, 0.25) is 5.02 Å². The van der Waals surface area contributed by atoms with Gasteiger partial charge in [0.1, 0.15) is 17.2 Å². The molecule has 5 rings (SSSR count). The number of para-hydroxylation sites is 1. The average molecular weight is 614 g/mol. The van der Waals surface area contributed by atoms with E-state index in [2.05, 4.69) is 16.0 Å². The van der Waals surface area contributed by atoms with Crippen LogP contribution in [0.5, 0.6) is 17.2 Å². The van der Waals surface area contributed by atoms with Crippen molar-refractivity contribution in [3.63, 3.8) is 0 Å². The number of benzene rings is 4. The standard InChI is InChI=1S/C34H32ClN3O6/c35-23-4-3-5-25(21-23)37-34(42)36-24-10-14-27(15-11-24)44-29-18-16-28(17-19-29)43-26-12-8-22(9-13-26)20-32(39)38-31-7-2-1-6-30(31)33(40)41/h1-9,12-13,16-19,21,24,27H,10-11,14-15,20H2,(H,38,39)(H,40,41)(H2,36,37,42). The van der Waals surface area contributed by atoms with Crippen LogP contribution in [-0.4, -0.2) is 35.2 Å². The quantitative estimate of drug-likeness (QED) is 0.146. The number of hydrogen-bond acceptors (Lipinski definition) is 5. The number of nitrogens with one attached hydrogen (secondary N) is 3. The first-order valence-electron chi connectivity index (χ1n) is 14.3. The van der Waals surface area contributed by atoms with Crippen LogP contribution in [0.4, 0.5) is 16.2 Å². The van der Waals surface area contributed by atoms with Gasteiger partial charge in [0.2, 0.25) is 5.91 Å². The molecule has 0 aliphatic heterocycles. The number of amides is 3. The average Bonchev–Trinajstić information content (AvgIpc) is 3.00. The lowest BCUT2D eigenvalue weighted by Gasteiger charge is -2.29. The van der Waals surface area contributed by atoms with Gasteiger partial charge in [0.15, 0.2) is 0 Å². The summed E-state index contributed by atoms with van der Waals surface area (Å²) in [5.41, 5.74) is 1.71. The zero-order valence-corrected chi connectivity index (χ0v) is 24.6. The topological polar surface area (TPSA) is 126 Å². The zero-order chi connectivity index (χ0) is 30.9. The minimum Gasteiger partial charge on any atom is -0.490 e. The normalized spacial score (nSPS) is 15.9. The van der Waals surface area contributed by atoms with Crippen LogP contribution in [0.15, 0.2) is 97.1 Å². The number of carboxylic acids is 1. The van der Waals surface area contributed by atoms with Gasteiger partial charge in [0.05, 0.1) is 23.8 Å². The van der Waals surface area contributed by atoms with E-state index in [0.717, 1.165) is 37.0 Å². The fraction of sp³-hybridized carbons (Fsp3) is 0.206. The van der Waals surface area contributed by atoms with Gasteiger partial charge in [0.25, 0.3) is 0 Å². The molecule has 0 atom stereocenters. The maximum Gasteiger partial charge on any atom is 0.337 e. The van der Waals surface area contributed by atoms with Gasteiger partial charge >= 0.3 is 12.0 Å². The van der Waals surface area contributed by atoms with Crippen LogP contribution < -0.4 is 25.4 Å². The Labute approximate surface area is 260 Å². The van der Waals surface area contributed by atoms with E-state index in [1.807, 2.05) is 24.3 Å². The van der Waals surface area contributed by atoms with E-state index in [4.69, 9.17) is 21.1 Å². The minimum atomic E-state index is -1.10. The molecule has 1 aliphatic rings. The predicted octanol–water partition coefficient (Wildman–Crippen LogP) is 7.52. The molecule has 0 spiro atoms. The lowest BCUT2D eigenvalue weighted by Crippen LogP contribution is -2.41. The number of aromatic carboxylic acids is 1. The van der Waals surface area contributed by atoms with Crippen LogP contribution >= 0.6 is 11.6 Å². The molecule has 1 aliphatic carbocycles. The molecule has 1 saturated carbocycles. The number of hydrogen-bond donors (Lipinski definition) is 4. The first-order chi connectivity index (χ1) is 21.3. The van der Waals surface area contributed by atoms with Crippen LogP contribution in [0, 0.1) is 0 Å². The van der Waals surface area contributed by atoms with Gasteiger partial charge in [-0.25, -0.2) is 9.59 Å². The fourth-order valence-corrected chi connectivity index (χ4v) is 5.18. The maximum absolute atomic E-state index is 12.5. The number of ether oxygens (including phenoxy) is 2. The molecule has 4 aromatic rings. The van der Waals surface area contributed by atoms with Crippen molar-refractivity contribution in [3.8, 4) is 17.2 Å². The van der Waals surface area contributed by atoms with E-state index in [-0.39, 0.29) is 41.8 Å². The number of carboxylic acid groups (broad SMARTS) is 1. The predicted molar refractivity (Wildman–Crippen MR) is 169 cm³/mol. The zero-order valence-electron chi connectivity index (χ0n) is 23.8. The summed E-state index contributed by atoms with van der Waals surface area (Å²) >= 11 is 5.98. The second-order valence-electron chi connectivity index (χ2n) is 10.5. The summed E-state index contributed by atoms with van der Waals surface area (Å²) < 4.78 is 12.1. The molecular formula is C34H32ClN3O6. The lowest BCUT2D eigenvalue weighted by molar-refractivity contribution is -0.115. The van der Waals surface area contributed by atoms with Gasteiger partial charge in [0, 0.05) is 16.8 Å². The molecular weight excluding hydrogens is 582 g/mol. The maximum atomic E-state index is 12.5. The molecule has 0 radical (unpaired) electrons. The molecule has 10 heteroatoms. The van der Waals surface area contributed by atoms with E-state index in [1.165, 1.54) is 6.07 Å². The molecule has 0 aromatic heterocycles. The molecule has 226 valence electrons. The Morgan fingerprint density at radius 2 is 1.43 bits per heavy atom. The van der Waals surface area contributed by atoms with E-state index < -0.39 is 5.97 Å². The number of halogens is 1. The smallest absolute Gasteiger partial charge is 0.337 e. The highest BCUT2D eigenvalue weighted by Crippen LogP contribution is 2.28. The third-order valence-electron chi connectivity index (χ3n) is 7.17. The van der Waals surface area contributed by atoms with Crippen molar-refractivity contribution in [1.82, 2.24) is 5.32 Å². The second kappa shape index (κ2) is 14.4. The second-order valence-corrected chi connectivity index (χ2v) is 10.9. The largest absolute Gasteiger partial charge is 0.490 e. The summed E-state index contributed by atoms with van der Waals surface area (Å²) in [7, 11) is 0. The van der Waals surface area contributed by atoms with Crippen molar-refractivity contribution in [2.45, 2.75) is 44.2 Å². The fourth-order valence-electron chi connectivity index (χ4n) is 4.99. The molecule has 1 fully saturated rings. The third kappa shape index (κ3) is 8.75. The molecule has 4 N–H and O–H groups in total. The highest BCUT2D eigenvalue weighted by Gasteiger charge is 2.24. The van der Waals surface area contributed by atoms with Gasteiger partial charge in [-0.1, -0.05) is 41.9 Å². The molecule has 4 aromatic carbocycles. The number of anilines is 2. The summed E-state index contributed by atoms with van der Waals surface area (Å²) in [6.07, 6.45) is 3.46. The first kappa shape index (κ1) is 30.4. The molecule has 9 nitrogen and oxygen atoms in total. The van der Waals surface area contributed by atoms with Gasteiger partial charge in [-0.05, 0) is 98.0 Å². The molecule has 3 amide bonds. The highest BCUT2D eigenvalue weighted by atomic mass is 35.5. The Balaban J connectivity index is 1.04. The molecule has 0 unspecified atom stereocenters. The van der Waals surface area contributed by atoms with Crippen molar-refractivity contribution >= 4 is 40.9 Å². The number of carbonyl (C=O) groups is 3. The van der Waals surface area contributed by atoms with Crippen LogP contribution in [-0.2, 0) is 11.2 Å². The van der Waals surface area contributed by atoms with Crippen molar-refractivity contribution in [2.75, 3.05) is 10.6 Å². The van der Waals surface area contributed by atoms with Gasteiger partial charge < -0.3 is 30.5 Å². The Kier molecular flexibility index (Phi) is 9.99. The summed E-state index contributed by atoms with van der Waals surface area (Å²) in [4.78, 5) is 36.2. The summed E-state index contributed by atoms with van der Waals surface area (Å²) in [6, 6.07) is 27.7. The van der Waals surface area contributed by atoms with Gasteiger partial charge in [-0.3, -0.25) is 4.79 Å². The van der Waals surface area contributed by atoms with Crippen molar-refractivity contribution in [1.29, 1.82) is 0 Å². The molecule has 0 heterocycles. The monoisotopic (exact) mass is 613 g/mol. The number of rotatable bonds is 10. The first-order valence-corrected chi connectivity index (χ1v) is 14.7. The van der Waals surface area contributed by atoms with E-state index >= 15 is 0 Å². The van der Waals surface area contributed by atoms with E-state index in [1.54, 1.807) is 66.7 Å². The van der Waals surface area contributed by atoms with Crippen molar-refractivity contribution < 1.29 is 29.0 Å². The number of urea groups is 1. The summed E-state index contributed by atoms with van der Waals surface area (Å²) in [6.45, 7) is 0. The molecule has 0 bridgehead atoms. The minimum absolute atomic E-state index is 0.0398. The van der Waals surface area contributed by atoms with Gasteiger partial charge in [-0.2, -0.15) is 0 Å². The third-order valence-corrected chi connectivity index (χ3v) is 7.41. The SMILES string of the molecule is O=C(Cc1ccc(Oc2ccc(OC3CCC(NC(=O)Nc4cccc(Cl)c4)CC3)cc2)cc1)Nc1ccccc1C(=O)O. The summed E-state index contributed by atoms with van der Waals surface area (Å²) in [5, 5.41) is 18.4. The van der Waals surface area contributed by atoms with Gasteiger partial charge in [-0.15, -0.1) is 0 Å². The highest BCUT2D eigenvalue weighted by molar-refractivity contribution is 6.30. The Hall–Kier alpha value is -5.02. The lowest BCUT2D eigenvalue weighted by atomic mass is 9.93. The van der Waals surface area contributed by atoms with E-state index in [9.17, 15) is 19.5 Å². The van der Waals surface area contributed by atoms with Crippen LogP contribution in [0.3, 0.4) is 0 Å². The van der Waals surface area contributed by atoms with E-state index in [0.29, 0.717) is 22.2 Å². The van der Waals surface area contributed by atoms with Crippen molar-refractivity contribution in [2.24, 2.45) is 0 Å². The van der Waals surface area contributed by atoms with Crippen LogP contribution in [0.1, 0.15) is 41.6 Å². The molecule has 44 heavy (non-hydrogen) atoms.